The molecule has 2 N–H and O–H groups in total. The number of nitrogens with zero attached hydrogens (tertiary/aromatic N) is 1. The maximum Gasteiger partial charge on any atom is 0.168 e. The van der Waals surface area contributed by atoms with Gasteiger partial charge < -0.3 is 10.6 Å². The van der Waals surface area contributed by atoms with Crippen LogP contribution >= 0.6 is 0 Å². The average Bonchev–Trinajstić information content (AvgIpc) is 2.62. The van der Waals surface area contributed by atoms with Crippen LogP contribution in [-0.2, 0) is 9.84 Å². The van der Waals surface area contributed by atoms with Crippen molar-refractivity contribution in [2.75, 3.05) is 29.2 Å². The van der Waals surface area contributed by atoms with Crippen LogP contribution in [0.3, 0.4) is 0 Å². The molecule has 0 bridgehead atoms. The predicted molar refractivity (Wildman–Crippen MR) is 64.4 cm³/mol. The molecule has 1 saturated heterocycles. The predicted octanol–water partition coefficient (Wildman–Crippen LogP) is 1.00. The number of aromatic nitrogens is 1. The fraction of sp³-hybridized carbons (Fsp3) is 0.500. The lowest BCUT2D eigenvalue weighted by Gasteiger charge is -2.13. The summed E-state index contributed by atoms with van der Waals surface area (Å²) < 4.78 is 49.2. The zero-order valence-corrected chi connectivity index (χ0v) is 10.5. The molecule has 1 fully saturated rings. The summed E-state index contributed by atoms with van der Waals surface area (Å²) in [5.74, 6) is -1.83. The van der Waals surface area contributed by atoms with Crippen LogP contribution in [0.5, 0.6) is 0 Å². The summed E-state index contributed by atoms with van der Waals surface area (Å²) in [5, 5.41) is 5.19. The van der Waals surface area contributed by atoms with Crippen LogP contribution in [0.2, 0.25) is 0 Å². The van der Waals surface area contributed by atoms with Crippen LogP contribution in [0.4, 0.5) is 20.4 Å². The molecule has 1 aliphatic heterocycles. The third kappa shape index (κ3) is 2.69. The molecule has 0 amide bonds. The van der Waals surface area contributed by atoms with Crippen LogP contribution in [0, 0.1) is 11.6 Å². The Labute approximate surface area is 104 Å². The Balaban J connectivity index is 2.19. The minimum atomic E-state index is -3.05. The molecule has 1 aromatic heterocycles. The molecule has 1 atom stereocenters. The van der Waals surface area contributed by atoms with Crippen LogP contribution < -0.4 is 10.6 Å². The third-order valence-corrected chi connectivity index (χ3v) is 4.51. The first-order valence-corrected chi connectivity index (χ1v) is 7.24. The van der Waals surface area contributed by atoms with Crippen LogP contribution in [-0.4, -0.2) is 38.0 Å². The Morgan fingerprint density at radius 1 is 1.33 bits per heavy atom. The monoisotopic (exact) mass is 277 g/mol. The number of pyridine rings is 1. The van der Waals surface area contributed by atoms with Gasteiger partial charge in [-0.3, -0.25) is 0 Å². The molecular weight excluding hydrogens is 264 g/mol. The molecule has 0 saturated carbocycles. The van der Waals surface area contributed by atoms with Crippen LogP contribution in [0.15, 0.2) is 6.07 Å². The summed E-state index contributed by atoms with van der Waals surface area (Å²) in [6.07, 6.45) is 0.399. The molecule has 8 heteroatoms. The maximum absolute atomic E-state index is 13.5. The van der Waals surface area contributed by atoms with E-state index >= 15 is 0 Å². The first kappa shape index (κ1) is 13.0. The van der Waals surface area contributed by atoms with E-state index in [1.165, 1.54) is 7.05 Å². The van der Waals surface area contributed by atoms with Crippen LogP contribution in [0.25, 0.3) is 0 Å². The van der Waals surface area contributed by atoms with Gasteiger partial charge in [0, 0.05) is 19.2 Å². The number of hydrogen-bond donors (Lipinski definition) is 2. The molecule has 2 heterocycles. The zero-order valence-electron chi connectivity index (χ0n) is 9.70. The minimum absolute atomic E-state index is 0.0552. The normalized spacial score (nSPS) is 21.8. The minimum Gasteiger partial charge on any atom is -0.371 e. The molecule has 100 valence electrons. The molecule has 18 heavy (non-hydrogen) atoms. The van der Waals surface area contributed by atoms with Crippen molar-refractivity contribution in [1.29, 1.82) is 0 Å². The lowest BCUT2D eigenvalue weighted by molar-refractivity contribution is 0.576. The summed E-state index contributed by atoms with van der Waals surface area (Å²) in [6.45, 7) is 0. The maximum atomic E-state index is 13.5. The van der Waals surface area contributed by atoms with Gasteiger partial charge in [-0.05, 0) is 6.42 Å². The Kier molecular flexibility index (Phi) is 3.38. The first-order valence-electron chi connectivity index (χ1n) is 5.42. The fourth-order valence-electron chi connectivity index (χ4n) is 1.85. The highest BCUT2D eigenvalue weighted by molar-refractivity contribution is 7.91. The Bertz CT molecular complexity index is 562. The quantitative estimate of drug-likeness (QED) is 0.862. The van der Waals surface area contributed by atoms with Crippen LogP contribution in [0.1, 0.15) is 6.42 Å². The molecule has 0 radical (unpaired) electrons. The summed E-state index contributed by atoms with van der Waals surface area (Å²) in [6, 6.07) is 0.331. The van der Waals surface area contributed by atoms with E-state index < -0.39 is 21.5 Å². The van der Waals surface area contributed by atoms with E-state index in [1.54, 1.807) is 0 Å². The summed E-state index contributed by atoms with van der Waals surface area (Å²) in [4.78, 5) is 3.73. The summed E-state index contributed by atoms with van der Waals surface area (Å²) >= 11 is 0. The molecule has 1 aromatic rings. The average molecular weight is 277 g/mol. The SMILES string of the molecule is CNc1nc(NC2CCS(=O)(=O)C2)c(F)cc1F. The van der Waals surface area contributed by atoms with E-state index in [-0.39, 0.29) is 29.2 Å². The highest BCUT2D eigenvalue weighted by Crippen LogP contribution is 2.22. The van der Waals surface area contributed by atoms with Crippen molar-refractivity contribution < 1.29 is 17.2 Å². The van der Waals surface area contributed by atoms with Crippen molar-refractivity contribution in [3.8, 4) is 0 Å². The van der Waals surface area contributed by atoms with E-state index in [2.05, 4.69) is 15.6 Å². The second kappa shape index (κ2) is 4.68. The molecule has 1 aliphatic rings. The number of rotatable bonds is 3. The second-order valence-corrected chi connectivity index (χ2v) is 6.37. The highest BCUT2D eigenvalue weighted by atomic mass is 32.2. The molecule has 0 aliphatic carbocycles. The van der Waals surface area contributed by atoms with Crippen molar-refractivity contribution in [1.82, 2.24) is 4.98 Å². The van der Waals surface area contributed by atoms with E-state index in [9.17, 15) is 17.2 Å². The number of hydrogen-bond acceptors (Lipinski definition) is 5. The summed E-state index contributed by atoms with van der Waals surface area (Å²) in [7, 11) is -1.59. The van der Waals surface area contributed by atoms with E-state index in [0.29, 0.717) is 12.5 Å². The van der Waals surface area contributed by atoms with Gasteiger partial charge in [0.05, 0.1) is 11.5 Å². The Hall–Kier alpha value is -1.44. The molecule has 2 rings (SSSR count). The lowest BCUT2D eigenvalue weighted by Crippen LogP contribution is -2.22. The Morgan fingerprint density at radius 3 is 2.56 bits per heavy atom. The summed E-state index contributed by atoms with van der Waals surface area (Å²) in [5.41, 5.74) is 0. The Morgan fingerprint density at radius 2 is 2.00 bits per heavy atom. The first-order chi connectivity index (χ1) is 8.41. The van der Waals surface area contributed by atoms with Gasteiger partial charge in [-0.1, -0.05) is 0 Å². The number of nitrogens with one attached hydrogen (secondary N) is 2. The molecule has 5 nitrogen and oxygen atoms in total. The standard InChI is InChI=1S/C10H13F2N3O2S/c1-13-9-7(11)4-8(12)10(15-9)14-6-2-3-18(16,17)5-6/h4,6H,2-3,5H2,1H3,(H2,13,14,15). The molecule has 1 unspecified atom stereocenters. The van der Waals surface area contributed by atoms with E-state index in [1.807, 2.05) is 0 Å². The fourth-order valence-corrected chi connectivity index (χ4v) is 3.52. The van der Waals surface area contributed by atoms with Crippen molar-refractivity contribution in [2.24, 2.45) is 0 Å². The van der Waals surface area contributed by atoms with Crippen molar-refractivity contribution in [3.05, 3.63) is 17.7 Å². The lowest BCUT2D eigenvalue weighted by atomic mass is 10.2. The van der Waals surface area contributed by atoms with Gasteiger partial charge in [0.1, 0.15) is 0 Å². The second-order valence-electron chi connectivity index (χ2n) is 4.14. The molecule has 0 aromatic carbocycles. The van der Waals surface area contributed by atoms with Gasteiger partial charge in [-0.2, -0.15) is 0 Å². The van der Waals surface area contributed by atoms with Gasteiger partial charge in [0.15, 0.2) is 33.1 Å². The number of sulfone groups is 1. The topological polar surface area (TPSA) is 71.1 Å². The number of halogens is 2. The van der Waals surface area contributed by atoms with Crippen molar-refractivity contribution >= 4 is 21.5 Å². The smallest absolute Gasteiger partial charge is 0.168 e. The van der Waals surface area contributed by atoms with Gasteiger partial charge >= 0.3 is 0 Å². The zero-order chi connectivity index (χ0) is 13.3. The van der Waals surface area contributed by atoms with E-state index in [4.69, 9.17) is 0 Å². The highest BCUT2D eigenvalue weighted by Gasteiger charge is 2.28. The largest absolute Gasteiger partial charge is 0.371 e. The van der Waals surface area contributed by atoms with E-state index in [0.717, 1.165) is 0 Å². The van der Waals surface area contributed by atoms with Crippen molar-refractivity contribution in [2.45, 2.75) is 12.5 Å². The van der Waals surface area contributed by atoms with Crippen molar-refractivity contribution in [3.63, 3.8) is 0 Å². The van der Waals surface area contributed by atoms with Gasteiger partial charge in [0.2, 0.25) is 0 Å². The van der Waals surface area contributed by atoms with Gasteiger partial charge in [-0.15, -0.1) is 0 Å². The molecule has 0 spiro atoms. The third-order valence-electron chi connectivity index (χ3n) is 2.74. The van der Waals surface area contributed by atoms with Gasteiger partial charge in [0.25, 0.3) is 0 Å². The van der Waals surface area contributed by atoms with Gasteiger partial charge in [-0.25, -0.2) is 22.2 Å². The molecular formula is C10H13F2N3O2S. The number of anilines is 2.